The molecule has 1 aliphatic rings. The molecule has 1 aromatic rings. The number of benzene rings is 1. The lowest BCUT2D eigenvalue weighted by molar-refractivity contribution is 0.0389. The van der Waals surface area contributed by atoms with E-state index in [1.54, 1.807) is 0 Å². The summed E-state index contributed by atoms with van der Waals surface area (Å²) in [5.74, 6) is 0.777. The highest BCUT2D eigenvalue weighted by atomic mass is 16.5. The second-order valence-corrected chi connectivity index (χ2v) is 5.20. The Balaban J connectivity index is 2.31. The number of nitrogens with two attached hydrogens (primary N) is 1. The predicted molar refractivity (Wildman–Crippen MR) is 67.9 cm³/mol. The van der Waals surface area contributed by atoms with Crippen molar-refractivity contribution in [3.8, 4) is 5.75 Å². The molecule has 3 N–H and O–H groups in total. The lowest BCUT2D eigenvalue weighted by Gasteiger charge is -2.26. The van der Waals surface area contributed by atoms with Crippen LogP contribution in [-0.2, 0) is 5.60 Å². The predicted octanol–water partition coefficient (Wildman–Crippen LogP) is 2.17. The summed E-state index contributed by atoms with van der Waals surface area (Å²) < 4.78 is 5.76. The van der Waals surface area contributed by atoms with Crippen LogP contribution < -0.4 is 10.5 Å². The molecule has 1 saturated carbocycles. The van der Waals surface area contributed by atoms with Crippen molar-refractivity contribution in [3.63, 3.8) is 0 Å². The molecule has 0 aromatic heterocycles. The van der Waals surface area contributed by atoms with Crippen LogP contribution in [0, 0.1) is 0 Å². The smallest absolute Gasteiger partial charge is 0.125 e. The maximum atomic E-state index is 10.7. The second-order valence-electron chi connectivity index (χ2n) is 5.20. The van der Waals surface area contributed by atoms with Gasteiger partial charge in [0.25, 0.3) is 0 Å². The zero-order valence-electron chi connectivity index (χ0n) is 10.5. The van der Waals surface area contributed by atoms with Crippen molar-refractivity contribution in [1.82, 2.24) is 0 Å². The number of rotatable bonds is 3. The molecule has 1 aliphatic carbocycles. The number of para-hydroxylation sites is 1. The van der Waals surface area contributed by atoms with E-state index in [1.165, 1.54) is 0 Å². The molecule has 1 fully saturated rings. The van der Waals surface area contributed by atoms with Crippen LogP contribution in [0.2, 0.25) is 0 Å². The maximum Gasteiger partial charge on any atom is 0.125 e. The lowest BCUT2D eigenvalue weighted by atomic mass is 9.91. The van der Waals surface area contributed by atoms with Gasteiger partial charge in [0, 0.05) is 11.6 Å². The number of aliphatic hydroxyl groups is 1. The van der Waals surface area contributed by atoms with E-state index in [4.69, 9.17) is 10.5 Å². The van der Waals surface area contributed by atoms with Gasteiger partial charge in [0.2, 0.25) is 0 Å². The summed E-state index contributed by atoms with van der Waals surface area (Å²) in [6.07, 6.45) is 2.31. The molecule has 0 saturated heterocycles. The molecular weight excluding hydrogens is 214 g/mol. The monoisotopic (exact) mass is 235 g/mol. The Morgan fingerprint density at radius 3 is 2.71 bits per heavy atom. The first kappa shape index (κ1) is 12.4. The molecular formula is C14H21NO2. The Kier molecular flexibility index (Phi) is 3.40. The molecule has 3 nitrogen and oxygen atoms in total. The van der Waals surface area contributed by atoms with Crippen molar-refractivity contribution in [2.24, 2.45) is 5.73 Å². The summed E-state index contributed by atoms with van der Waals surface area (Å²) in [6, 6.07) is 7.81. The van der Waals surface area contributed by atoms with Gasteiger partial charge in [0.15, 0.2) is 0 Å². The average Bonchev–Trinajstić information content (AvgIpc) is 2.59. The second kappa shape index (κ2) is 4.67. The molecule has 2 unspecified atom stereocenters. The van der Waals surface area contributed by atoms with Crippen molar-refractivity contribution < 1.29 is 9.84 Å². The third-order valence-corrected chi connectivity index (χ3v) is 3.28. The molecule has 0 bridgehead atoms. The first-order chi connectivity index (χ1) is 8.01. The van der Waals surface area contributed by atoms with Crippen molar-refractivity contribution in [1.29, 1.82) is 0 Å². The van der Waals surface area contributed by atoms with E-state index >= 15 is 0 Å². The minimum Gasteiger partial charge on any atom is -0.491 e. The average molecular weight is 235 g/mol. The van der Waals surface area contributed by atoms with Crippen molar-refractivity contribution in [2.45, 2.75) is 50.9 Å². The summed E-state index contributed by atoms with van der Waals surface area (Å²) in [5.41, 5.74) is 5.96. The van der Waals surface area contributed by atoms with Gasteiger partial charge in [-0.25, -0.2) is 0 Å². The summed E-state index contributed by atoms with van der Waals surface area (Å²) in [7, 11) is 0. The highest BCUT2D eigenvalue weighted by Gasteiger charge is 2.39. The summed E-state index contributed by atoms with van der Waals surface area (Å²) in [5, 5.41) is 10.7. The van der Waals surface area contributed by atoms with Gasteiger partial charge in [-0.2, -0.15) is 0 Å². The number of hydrogen-bond acceptors (Lipinski definition) is 3. The normalized spacial score (nSPS) is 28.6. The van der Waals surface area contributed by atoms with Gasteiger partial charge in [-0.3, -0.25) is 0 Å². The molecule has 2 rings (SSSR count). The largest absolute Gasteiger partial charge is 0.491 e. The van der Waals surface area contributed by atoms with E-state index in [0.29, 0.717) is 12.8 Å². The van der Waals surface area contributed by atoms with Gasteiger partial charge in [0.1, 0.15) is 5.75 Å². The van der Waals surface area contributed by atoms with Crippen LogP contribution in [0.15, 0.2) is 24.3 Å². The molecule has 17 heavy (non-hydrogen) atoms. The van der Waals surface area contributed by atoms with Crippen molar-refractivity contribution in [3.05, 3.63) is 29.8 Å². The van der Waals surface area contributed by atoms with E-state index < -0.39 is 5.60 Å². The Morgan fingerprint density at radius 1 is 1.41 bits per heavy atom. The van der Waals surface area contributed by atoms with Gasteiger partial charge >= 0.3 is 0 Å². The Morgan fingerprint density at radius 2 is 2.12 bits per heavy atom. The lowest BCUT2D eigenvalue weighted by Crippen LogP contribution is -2.26. The van der Waals surface area contributed by atoms with Gasteiger partial charge in [-0.1, -0.05) is 18.2 Å². The third kappa shape index (κ3) is 2.61. The molecule has 3 heteroatoms. The van der Waals surface area contributed by atoms with Gasteiger partial charge in [-0.15, -0.1) is 0 Å². The highest BCUT2D eigenvalue weighted by Crippen LogP contribution is 2.42. The molecule has 0 radical (unpaired) electrons. The first-order valence-electron chi connectivity index (χ1n) is 6.25. The van der Waals surface area contributed by atoms with Crippen LogP contribution in [0.1, 0.15) is 38.7 Å². The Labute approximate surface area is 103 Å². The summed E-state index contributed by atoms with van der Waals surface area (Å²) in [6.45, 7) is 3.97. The molecule has 0 heterocycles. The van der Waals surface area contributed by atoms with Crippen LogP contribution in [0.25, 0.3) is 0 Å². The van der Waals surface area contributed by atoms with Gasteiger partial charge in [0.05, 0.1) is 11.7 Å². The number of hydrogen-bond donors (Lipinski definition) is 2. The molecule has 0 spiro atoms. The summed E-state index contributed by atoms with van der Waals surface area (Å²) >= 11 is 0. The molecule has 94 valence electrons. The standard InChI is InChI=1S/C14H21NO2/c1-10(2)17-13-6-4-3-5-12(13)14(16)8-7-11(15)9-14/h3-6,10-11,16H,7-9,15H2,1-2H3. The van der Waals surface area contributed by atoms with Crippen molar-refractivity contribution in [2.75, 3.05) is 0 Å². The zero-order valence-corrected chi connectivity index (χ0v) is 10.5. The van der Waals surface area contributed by atoms with E-state index in [9.17, 15) is 5.11 Å². The third-order valence-electron chi connectivity index (χ3n) is 3.28. The maximum absolute atomic E-state index is 10.7. The van der Waals surface area contributed by atoms with Crippen LogP contribution in [-0.4, -0.2) is 17.3 Å². The zero-order chi connectivity index (χ0) is 12.5. The van der Waals surface area contributed by atoms with Crippen LogP contribution >= 0.6 is 0 Å². The van der Waals surface area contributed by atoms with E-state index in [0.717, 1.165) is 17.7 Å². The molecule has 1 aromatic carbocycles. The quantitative estimate of drug-likeness (QED) is 0.844. The Hall–Kier alpha value is -1.06. The fourth-order valence-electron chi connectivity index (χ4n) is 2.51. The van der Waals surface area contributed by atoms with E-state index in [2.05, 4.69) is 0 Å². The fourth-order valence-corrected chi connectivity index (χ4v) is 2.51. The summed E-state index contributed by atoms with van der Waals surface area (Å²) in [4.78, 5) is 0. The van der Waals surface area contributed by atoms with Crippen molar-refractivity contribution >= 4 is 0 Å². The molecule has 0 aliphatic heterocycles. The van der Waals surface area contributed by atoms with Gasteiger partial charge in [-0.05, 0) is 39.2 Å². The fraction of sp³-hybridized carbons (Fsp3) is 0.571. The molecule has 2 atom stereocenters. The van der Waals surface area contributed by atoms with Crippen LogP contribution in [0.4, 0.5) is 0 Å². The first-order valence-corrected chi connectivity index (χ1v) is 6.25. The SMILES string of the molecule is CC(C)Oc1ccccc1C1(O)CCC(N)C1. The Bertz CT molecular complexity index is 392. The number of ether oxygens (including phenoxy) is 1. The van der Waals surface area contributed by atoms with E-state index in [-0.39, 0.29) is 12.1 Å². The minimum absolute atomic E-state index is 0.0899. The van der Waals surface area contributed by atoms with Crippen LogP contribution in [0.5, 0.6) is 5.75 Å². The topological polar surface area (TPSA) is 55.5 Å². The van der Waals surface area contributed by atoms with Crippen LogP contribution in [0.3, 0.4) is 0 Å². The highest BCUT2D eigenvalue weighted by molar-refractivity contribution is 5.39. The molecule has 0 amide bonds. The van der Waals surface area contributed by atoms with Gasteiger partial charge < -0.3 is 15.6 Å². The minimum atomic E-state index is -0.815. The van der Waals surface area contributed by atoms with E-state index in [1.807, 2.05) is 38.1 Å².